The van der Waals surface area contributed by atoms with Gasteiger partial charge in [0, 0.05) is 13.7 Å². The molecule has 0 saturated carbocycles. The minimum atomic E-state index is 0.499. The highest BCUT2D eigenvalue weighted by Crippen LogP contribution is 2.30. The monoisotopic (exact) mass is 298 g/mol. The summed E-state index contributed by atoms with van der Waals surface area (Å²) in [5.41, 5.74) is 0.944. The van der Waals surface area contributed by atoms with Crippen molar-refractivity contribution in [2.75, 3.05) is 7.11 Å². The van der Waals surface area contributed by atoms with Gasteiger partial charge < -0.3 is 4.74 Å². The van der Waals surface area contributed by atoms with Crippen molar-refractivity contribution in [2.45, 2.75) is 39.8 Å². The molecule has 0 fully saturated rings. The Morgan fingerprint density at radius 2 is 2.21 bits per heavy atom. The van der Waals surface area contributed by atoms with Crippen LogP contribution < -0.4 is 0 Å². The normalized spacial score (nSPS) is 11.1. The number of nitrogens with one attached hydrogen (secondary N) is 1. The van der Waals surface area contributed by atoms with Crippen molar-refractivity contribution < 1.29 is 4.74 Å². The van der Waals surface area contributed by atoms with Crippen molar-refractivity contribution >= 4 is 23.6 Å². The fraction of sp³-hybridized carbons (Fsp3) is 0.583. The molecule has 2 aromatic heterocycles. The Balaban J connectivity index is 2.49. The van der Waals surface area contributed by atoms with E-state index in [9.17, 15) is 0 Å². The van der Waals surface area contributed by atoms with Crippen molar-refractivity contribution in [2.24, 2.45) is 0 Å². The Labute approximate surface area is 121 Å². The van der Waals surface area contributed by atoms with Crippen molar-refractivity contribution in [3.8, 4) is 10.7 Å². The Hall–Kier alpha value is -1.05. The highest BCUT2D eigenvalue weighted by atomic mass is 32.1. The highest BCUT2D eigenvalue weighted by Gasteiger charge is 2.17. The fourth-order valence-electron chi connectivity index (χ4n) is 1.92. The van der Waals surface area contributed by atoms with E-state index in [4.69, 9.17) is 17.0 Å². The molecule has 0 radical (unpaired) electrons. The molecular weight excluding hydrogens is 280 g/mol. The van der Waals surface area contributed by atoms with Gasteiger partial charge in [0.25, 0.3) is 0 Å². The number of methoxy groups -OCH3 is 1. The zero-order valence-electron chi connectivity index (χ0n) is 11.4. The third-order valence-corrected chi connectivity index (χ3v) is 4.23. The van der Waals surface area contributed by atoms with E-state index in [-0.39, 0.29) is 0 Å². The molecule has 2 rings (SSSR count). The summed E-state index contributed by atoms with van der Waals surface area (Å²) in [6.07, 6.45) is 2.07. The van der Waals surface area contributed by atoms with Gasteiger partial charge in [0.1, 0.15) is 0 Å². The molecule has 0 unspecified atom stereocenters. The molecule has 0 aliphatic carbocycles. The largest absolute Gasteiger partial charge is 0.378 e. The van der Waals surface area contributed by atoms with Gasteiger partial charge >= 0.3 is 0 Å². The first-order valence-electron chi connectivity index (χ1n) is 6.34. The fourth-order valence-corrected chi connectivity index (χ4v) is 3.34. The Bertz CT molecular complexity index is 599. The number of rotatable bonds is 6. The topological polar surface area (TPSA) is 55.7 Å². The summed E-state index contributed by atoms with van der Waals surface area (Å²) in [4.78, 5) is 5.70. The third kappa shape index (κ3) is 2.93. The predicted octanol–water partition coefficient (Wildman–Crippen LogP) is 3.18. The number of aromatic amines is 1. The molecule has 0 saturated heterocycles. The highest BCUT2D eigenvalue weighted by molar-refractivity contribution is 7.71. The van der Waals surface area contributed by atoms with Crippen molar-refractivity contribution in [1.82, 2.24) is 19.7 Å². The van der Waals surface area contributed by atoms with Gasteiger partial charge in [0.15, 0.2) is 10.6 Å². The molecule has 0 aliphatic rings. The Kier molecular flexibility index (Phi) is 4.84. The number of ether oxygens (including phenoxy) is 1. The number of H-pyrrole nitrogens is 1. The number of thiazole rings is 1. The van der Waals surface area contributed by atoms with E-state index in [1.165, 1.54) is 0 Å². The van der Waals surface area contributed by atoms with Crippen LogP contribution in [0.25, 0.3) is 10.7 Å². The van der Waals surface area contributed by atoms with E-state index in [0.29, 0.717) is 11.4 Å². The maximum Gasteiger partial charge on any atom is 0.195 e. The molecule has 0 spiro atoms. The molecule has 0 aromatic carbocycles. The standard InChI is InChI=1S/C12H18N4OS2/c1-4-6-9-13-8(7-17-3)10(19-9)11-14-15-12(18)16(11)5-2/h4-7H2,1-3H3,(H,15,18). The first-order valence-corrected chi connectivity index (χ1v) is 7.56. The summed E-state index contributed by atoms with van der Waals surface area (Å²) in [5.74, 6) is 0.861. The predicted molar refractivity (Wildman–Crippen MR) is 78.9 cm³/mol. The van der Waals surface area contributed by atoms with Crippen LogP contribution in [-0.4, -0.2) is 26.9 Å². The Morgan fingerprint density at radius 1 is 1.42 bits per heavy atom. The summed E-state index contributed by atoms with van der Waals surface area (Å²) in [6, 6.07) is 0. The summed E-state index contributed by atoms with van der Waals surface area (Å²) >= 11 is 6.92. The molecule has 1 N–H and O–H groups in total. The van der Waals surface area contributed by atoms with Gasteiger partial charge in [-0.3, -0.25) is 9.67 Å². The summed E-state index contributed by atoms with van der Waals surface area (Å²) in [7, 11) is 1.68. The van der Waals surface area contributed by atoms with Gasteiger partial charge in [0.2, 0.25) is 0 Å². The van der Waals surface area contributed by atoms with Crippen LogP contribution >= 0.6 is 23.6 Å². The SMILES string of the molecule is CCCc1nc(COC)c(-c2n[nH]c(=S)n2CC)s1. The molecule has 19 heavy (non-hydrogen) atoms. The zero-order chi connectivity index (χ0) is 13.8. The number of aromatic nitrogens is 4. The van der Waals surface area contributed by atoms with Crippen LogP contribution in [0, 0.1) is 4.77 Å². The number of nitrogens with zero attached hydrogens (tertiary/aromatic N) is 3. The van der Waals surface area contributed by atoms with Gasteiger partial charge in [-0.25, -0.2) is 4.98 Å². The molecule has 2 heterocycles. The lowest BCUT2D eigenvalue weighted by Gasteiger charge is -2.02. The molecule has 2 aromatic rings. The molecule has 5 nitrogen and oxygen atoms in total. The second kappa shape index (κ2) is 6.40. The van der Waals surface area contributed by atoms with Crippen LogP contribution in [0.2, 0.25) is 0 Å². The van der Waals surface area contributed by atoms with Crippen LogP contribution in [0.1, 0.15) is 31.0 Å². The molecule has 0 atom stereocenters. The van der Waals surface area contributed by atoms with E-state index in [1.807, 2.05) is 4.57 Å². The van der Waals surface area contributed by atoms with Crippen LogP contribution in [0.5, 0.6) is 0 Å². The minimum Gasteiger partial charge on any atom is -0.378 e. The summed E-state index contributed by atoms with van der Waals surface area (Å²) in [6.45, 7) is 5.50. The van der Waals surface area contributed by atoms with E-state index < -0.39 is 0 Å². The third-order valence-electron chi connectivity index (χ3n) is 2.76. The first kappa shape index (κ1) is 14.4. The van der Waals surface area contributed by atoms with Crippen molar-refractivity contribution in [3.05, 3.63) is 15.5 Å². The van der Waals surface area contributed by atoms with Gasteiger partial charge in [-0.05, 0) is 32.0 Å². The van der Waals surface area contributed by atoms with Crippen molar-refractivity contribution in [1.29, 1.82) is 0 Å². The van der Waals surface area contributed by atoms with Gasteiger partial charge in [0.05, 0.1) is 22.2 Å². The van der Waals surface area contributed by atoms with E-state index in [0.717, 1.165) is 40.8 Å². The zero-order valence-corrected chi connectivity index (χ0v) is 13.0. The quantitative estimate of drug-likeness (QED) is 0.832. The van der Waals surface area contributed by atoms with Gasteiger partial charge in [-0.2, -0.15) is 5.10 Å². The first-order chi connectivity index (χ1) is 9.21. The smallest absolute Gasteiger partial charge is 0.195 e. The van der Waals surface area contributed by atoms with Crippen LogP contribution in [0.3, 0.4) is 0 Å². The van der Waals surface area contributed by atoms with E-state index >= 15 is 0 Å². The van der Waals surface area contributed by atoms with Crippen molar-refractivity contribution in [3.63, 3.8) is 0 Å². The minimum absolute atomic E-state index is 0.499. The van der Waals surface area contributed by atoms with Gasteiger partial charge in [-0.1, -0.05) is 6.92 Å². The lowest BCUT2D eigenvalue weighted by Crippen LogP contribution is -1.99. The van der Waals surface area contributed by atoms with Crippen LogP contribution in [0.15, 0.2) is 0 Å². The van der Waals surface area contributed by atoms with Gasteiger partial charge in [-0.15, -0.1) is 11.3 Å². The average molecular weight is 298 g/mol. The molecule has 104 valence electrons. The molecule has 7 heteroatoms. The van der Waals surface area contributed by atoms with E-state index in [1.54, 1.807) is 18.4 Å². The number of hydrogen-bond acceptors (Lipinski definition) is 5. The molecule has 0 bridgehead atoms. The lowest BCUT2D eigenvalue weighted by molar-refractivity contribution is 0.182. The Morgan fingerprint density at radius 3 is 2.84 bits per heavy atom. The number of aryl methyl sites for hydroxylation is 1. The second-order valence-electron chi connectivity index (χ2n) is 4.16. The summed E-state index contributed by atoms with van der Waals surface area (Å²) in [5, 5.41) is 8.31. The maximum atomic E-state index is 5.24. The summed E-state index contributed by atoms with van der Waals surface area (Å²) < 4.78 is 7.86. The van der Waals surface area contributed by atoms with Crippen LogP contribution in [0.4, 0.5) is 0 Å². The second-order valence-corrected chi connectivity index (χ2v) is 5.63. The molecule has 0 amide bonds. The maximum absolute atomic E-state index is 5.24. The number of hydrogen-bond donors (Lipinski definition) is 1. The average Bonchev–Trinajstić information content (AvgIpc) is 2.94. The van der Waals surface area contributed by atoms with Crippen LogP contribution in [-0.2, 0) is 24.3 Å². The molecular formula is C12H18N4OS2. The molecule has 0 aliphatic heterocycles. The van der Waals surface area contributed by atoms with E-state index in [2.05, 4.69) is 29.0 Å². The lowest BCUT2D eigenvalue weighted by atomic mass is 10.3.